The van der Waals surface area contributed by atoms with Crippen molar-refractivity contribution in [1.29, 1.82) is 0 Å². The molecule has 90 valence electrons. The van der Waals surface area contributed by atoms with E-state index in [0.717, 1.165) is 10.9 Å². The minimum atomic E-state index is -0.0101. The molecule has 0 fully saturated rings. The largest absolute Gasteiger partial charge is 1.00 e. The predicted molar refractivity (Wildman–Crippen MR) is 62.3 cm³/mol. The summed E-state index contributed by atoms with van der Waals surface area (Å²) in [4.78, 5) is 0. The molecule has 0 spiro atoms. The van der Waals surface area contributed by atoms with E-state index >= 15 is 0 Å². The molecule has 0 saturated carbocycles. The molecule has 0 amide bonds. The molecule has 0 saturated heterocycles. The van der Waals surface area contributed by atoms with Crippen LogP contribution in [-0.2, 0) is 0 Å². The molecule has 0 aromatic rings. The van der Waals surface area contributed by atoms with Crippen LogP contribution in [0.4, 0.5) is 0 Å². The summed E-state index contributed by atoms with van der Waals surface area (Å²) in [5, 5.41) is 0. The first kappa shape index (κ1) is 20.0. The fraction of sp³-hybridized carbons (Fsp3) is 1.00. The summed E-state index contributed by atoms with van der Waals surface area (Å²) in [5.74, 6) is 0. The molecular weight excluding hydrogens is 219 g/mol. The van der Waals surface area contributed by atoms with Crippen molar-refractivity contribution in [1.82, 2.24) is 0 Å². The van der Waals surface area contributed by atoms with E-state index in [2.05, 4.69) is 34.7 Å². The van der Waals surface area contributed by atoms with Gasteiger partial charge in [-0.3, -0.25) is 0 Å². The first-order chi connectivity index (χ1) is 5.33. The Balaban J connectivity index is -0.000000605. The van der Waals surface area contributed by atoms with Gasteiger partial charge in [-0.2, -0.15) is 0 Å². The quantitative estimate of drug-likeness (QED) is 0.619. The Morgan fingerprint density at radius 3 is 1.71 bits per heavy atom. The highest BCUT2D eigenvalue weighted by Crippen LogP contribution is 2.09. The van der Waals surface area contributed by atoms with Crippen molar-refractivity contribution in [3.05, 3.63) is 0 Å². The summed E-state index contributed by atoms with van der Waals surface area (Å²) in [6.45, 7) is 12.3. The van der Waals surface area contributed by atoms with Crippen LogP contribution in [0.2, 0.25) is 0 Å². The van der Waals surface area contributed by atoms with Crippen LogP contribution >= 0.6 is 12.4 Å². The van der Waals surface area contributed by atoms with Crippen LogP contribution in [0.5, 0.6) is 0 Å². The summed E-state index contributed by atoms with van der Waals surface area (Å²) < 4.78 is 1.14. The fourth-order valence-corrected chi connectivity index (χ4v) is 1.10. The molecule has 0 bridgehead atoms. The Hall–Kier alpha value is 0.500. The number of hydrogen-bond donors (Lipinski definition) is 1. The predicted octanol–water partition coefficient (Wildman–Crippen LogP) is -0.974. The van der Waals surface area contributed by atoms with E-state index < -0.39 is 0 Å². The van der Waals surface area contributed by atoms with Crippen molar-refractivity contribution in [3.63, 3.8) is 0 Å². The molecule has 14 heavy (non-hydrogen) atoms. The second kappa shape index (κ2) is 7.75. The molecule has 0 atom stereocenters. The molecular formula is C10H26Cl2N2. The van der Waals surface area contributed by atoms with Crippen molar-refractivity contribution >= 4 is 12.4 Å². The van der Waals surface area contributed by atoms with E-state index in [4.69, 9.17) is 5.73 Å². The van der Waals surface area contributed by atoms with E-state index in [-0.39, 0.29) is 30.4 Å². The maximum absolute atomic E-state index is 5.94. The summed E-state index contributed by atoms with van der Waals surface area (Å²) in [6, 6.07) is 0. The molecule has 0 aliphatic heterocycles. The highest BCUT2D eigenvalue weighted by atomic mass is 35.5. The molecule has 0 heterocycles. The van der Waals surface area contributed by atoms with Crippen molar-refractivity contribution in [3.8, 4) is 0 Å². The lowest BCUT2D eigenvalue weighted by molar-refractivity contribution is -0.906. The Labute approximate surface area is 102 Å². The first-order valence-corrected chi connectivity index (χ1v) is 4.95. The lowest BCUT2D eigenvalue weighted by atomic mass is 10.0. The van der Waals surface area contributed by atoms with Crippen LogP contribution < -0.4 is 18.1 Å². The molecule has 0 aromatic heterocycles. The molecule has 0 aromatic carbocycles. The minimum Gasteiger partial charge on any atom is -1.00 e. The van der Waals surface area contributed by atoms with Gasteiger partial charge in [-0.05, 0) is 27.7 Å². The third-order valence-corrected chi connectivity index (χ3v) is 2.82. The van der Waals surface area contributed by atoms with Crippen LogP contribution in [0.15, 0.2) is 0 Å². The smallest absolute Gasteiger partial charge is 0.0801 e. The SMILES string of the molecule is CC[N+](C)(CC)CCC(C)(C)N.Cl.[Cl-]. The van der Waals surface area contributed by atoms with Gasteiger partial charge in [0.25, 0.3) is 0 Å². The van der Waals surface area contributed by atoms with E-state index in [1.807, 2.05) is 0 Å². The standard InChI is InChI=1S/C10H25N2.2ClH/c1-6-12(5,7-2)9-8-10(3,4)11;;/h6-9,11H2,1-5H3;2*1H/q+1;;/p-1. The normalized spacial score (nSPS) is 11.6. The second-order valence-electron chi connectivity index (χ2n) is 4.71. The molecule has 0 aliphatic carbocycles. The summed E-state index contributed by atoms with van der Waals surface area (Å²) in [6.07, 6.45) is 1.10. The molecule has 0 rings (SSSR count). The maximum atomic E-state index is 5.94. The number of nitrogens with two attached hydrogens (primary N) is 1. The van der Waals surface area contributed by atoms with Crippen molar-refractivity contribution < 1.29 is 16.9 Å². The Kier molecular flexibility index (Phi) is 11.1. The minimum absolute atomic E-state index is 0. The monoisotopic (exact) mass is 244 g/mol. The molecule has 2 nitrogen and oxygen atoms in total. The van der Waals surface area contributed by atoms with E-state index in [0.29, 0.717) is 0 Å². The van der Waals surface area contributed by atoms with Gasteiger partial charge in [0.2, 0.25) is 0 Å². The highest BCUT2D eigenvalue weighted by Gasteiger charge is 2.20. The number of nitrogens with zero attached hydrogens (tertiary/aromatic N) is 1. The van der Waals surface area contributed by atoms with Crippen LogP contribution in [0, 0.1) is 0 Å². The number of halogens is 2. The maximum Gasteiger partial charge on any atom is 0.0801 e. The van der Waals surface area contributed by atoms with E-state index in [1.54, 1.807) is 0 Å². The van der Waals surface area contributed by atoms with Crippen molar-refractivity contribution in [2.75, 3.05) is 26.7 Å². The zero-order valence-electron chi connectivity index (χ0n) is 10.1. The first-order valence-electron chi connectivity index (χ1n) is 4.95. The molecule has 0 radical (unpaired) electrons. The van der Waals surface area contributed by atoms with Gasteiger partial charge in [0.1, 0.15) is 0 Å². The lowest BCUT2D eigenvalue weighted by Gasteiger charge is -2.34. The molecule has 0 unspecified atom stereocenters. The topological polar surface area (TPSA) is 26.0 Å². The van der Waals surface area contributed by atoms with Gasteiger partial charge in [-0.15, -0.1) is 12.4 Å². The number of hydrogen-bond acceptors (Lipinski definition) is 1. The molecule has 4 heteroatoms. The third-order valence-electron chi connectivity index (χ3n) is 2.82. The van der Waals surface area contributed by atoms with Gasteiger partial charge < -0.3 is 22.6 Å². The summed E-state index contributed by atoms with van der Waals surface area (Å²) >= 11 is 0. The molecule has 0 aliphatic rings. The van der Waals surface area contributed by atoms with Crippen LogP contribution in [0.1, 0.15) is 34.1 Å². The van der Waals surface area contributed by atoms with Gasteiger partial charge in [0.05, 0.1) is 26.7 Å². The van der Waals surface area contributed by atoms with Crippen LogP contribution in [-0.4, -0.2) is 36.7 Å². The van der Waals surface area contributed by atoms with Gasteiger partial charge in [0, 0.05) is 12.0 Å². The lowest BCUT2D eigenvalue weighted by Crippen LogP contribution is -3.00. The third kappa shape index (κ3) is 9.07. The average Bonchev–Trinajstić information content (AvgIpc) is 1.99. The Bertz CT molecular complexity index is 129. The number of quaternary nitrogens is 1. The highest BCUT2D eigenvalue weighted by molar-refractivity contribution is 5.85. The summed E-state index contributed by atoms with van der Waals surface area (Å²) in [5.41, 5.74) is 5.93. The van der Waals surface area contributed by atoms with Crippen molar-refractivity contribution in [2.24, 2.45) is 5.73 Å². The zero-order chi connectivity index (χ0) is 9.83. The van der Waals surface area contributed by atoms with Gasteiger partial charge in [-0.25, -0.2) is 0 Å². The van der Waals surface area contributed by atoms with Crippen LogP contribution in [0.25, 0.3) is 0 Å². The number of rotatable bonds is 5. The molecule has 2 N–H and O–H groups in total. The van der Waals surface area contributed by atoms with Gasteiger partial charge in [0.15, 0.2) is 0 Å². The van der Waals surface area contributed by atoms with Gasteiger partial charge >= 0.3 is 0 Å². The second-order valence-corrected chi connectivity index (χ2v) is 4.71. The average molecular weight is 245 g/mol. The van der Waals surface area contributed by atoms with E-state index in [1.165, 1.54) is 19.6 Å². The van der Waals surface area contributed by atoms with Crippen LogP contribution in [0.3, 0.4) is 0 Å². The Morgan fingerprint density at radius 1 is 1.14 bits per heavy atom. The zero-order valence-corrected chi connectivity index (χ0v) is 11.7. The van der Waals surface area contributed by atoms with Crippen molar-refractivity contribution in [2.45, 2.75) is 39.7 Å². The van der Waals surface area contributed by atoms with E-state index in [9.17, 15) is 0 Å². The fourth-order valence-electron chi connectivity index (χ4n) is 1.10. The summed E-state index contributed by atoms with van der Waals surface area (Å²) in [7, 11) is 2.30. The van der Waals surface area contributed by atoms with Gasteiger partial charge in [-0.1, -0.05) is 0 Å². The Morgan fingerprint density at radius 2 is 1.50 bits per heavy atom.